The number of amides is 2. The van der Waals surface area contributed by atoms with Crippen LogP contribution in [0.25, 0.3) is 0 Å². The molecule has 4 rings (SSSR count). The largest absolute Gasteiger partial charge is 0.486 e. The Bertz CT molecular complexity index is 579. The maximum Gasteiger partial charge on any atom is 0.321 e. The van der Waals surface area contributed by atoms with E-state index in [1.165, 1.54) is 19.3 Å². The quantitative estimate of drug-likeness (QED) is 0.931. The Hall–Kier alpha value is -1.75. The van der Waals surface area contributed by atoms with Crippen LogP contribution in [-0.4, -0.2) is 43.3 Å². The summed E-state index contributed by atoms with van der Waals surface area (Å²) in [7, 11) is 0. The maximum absolute atomic E-state index is 12.6. The summed E-state index contributed by atoms with van der Waals surface area (Å²) in [6, 6.07) is 7.65. The van der Waals surface area contributed by atoms with Crippen LogP contribution in [0.1, 0.15) is 32.1 Å². The zero-order chi connectivity index (χ0) is 15.7. The summed E-state index contributed by atoms with van der Waals surface area (Å²) in [4.78, 5) is 14.5. The smallest absolute Gasteiger partial charge is 0.321 e. The monoisotopic (exact) mass is 316 g/mol. The number of nitrogens with one attached hydrogen (secondary N) is 1. The molecule has 3 aliphatic rings. The molecule has 2 heterocycles. The van der Waals surface area contributed by atoms with Crippen LogP contribution in [0.15, 0.2) is 24.3 Å². The lowest BCUT2D eigenvalue weighted by atomic mass is 9.68. The van der Waals surface area contributed by atoms with Crippen LogP contribution in [0.4, 0.5) is 10.5 Å². The number of nitrogens with zero attached hydrogens (tertiary/aromatic N) is 1. The molecule has 2 amide bonds. The van der Waals surface area contributed by atoms with Crippen molar-refractivity contribution in [2.45, 2.75) is 38.2 Å². The third-order valence-electron chi connectivity index (χ3n) is 5.45. The van der Waals surface area contributed by atoms with Gasteiger partial charge in [-0.15, -0.1) is 0 Å². The van der Waals surface area contributed by atoms with Crippen molar-refractivity contribution in [1.82, 2.24) is 4.90 Å². The maximum atomic E-state index is 12.6. The number of hydrogen-bond donors (Lipinski definition) is 1. The second-order valence-electron chi connectivity index (χ2n) is 7.05. The SMILES string of the molecule is O=C(Nc1ccccc1O[C@@H]1CCOC1)N1CCC2(CCC2)C1. The highest BCUT2D eigenvalue weighted by atomic mass is 16.5. The summed E-state index contributed by atoms with van der Waals surface area (Å²) < 4.78 is 11.3. The van der Waals surface area contributed by atoms with Gasteiger partial charge in [0.05, 0.1) is 18.9 Å². The molecular formula is C18H24N2O3. The molecule has 2 saturated heterocycles. The van der Waals surface area contributed by atoms with Crippen LogP contribution in [0.2, 0.25) is 0 Å². The molecule has 0 radical (unpaired) electrons. The molecule has 2 aliphatic heterocycles. The van der Waals surface area contributed by atoms with E-state index in [1.54, 1.807) is 0 Å². The summed E-state index contributed by atoms with van der Waals surface area (Å²) in [5.41, 5.74) is 1.17. The summed E-state index contributed by atoms with van der Waals surface area (Å²) in [5.74, 6) is 0.730. The van der Waals surface area contributed by atoms with E-state index in [0.29, 0.717) is 12.0 Å². The number of carbonyl (C=O) groups excluding carboxylic acids is 1. The van der Waals surface area contributed by atoms with Crippen molar-refractivity contribution < 1.29 is 14.3 Å². The molecule has 1 atom stereocenters. The molecule has 0 unspecified atom stereocenters. The lowest BCUT2D eigenvalue weighted by Crippen LogP contribution is -2.38. The van der Waals surface area contributed by atoms with Crippen LogP contribution in [-0.2, 0) is 4.74 Å². The second kappa shape index (κ2) is 6.04. The summed E-state index contributed by atoms with van der Waals surface area (Å²) >= 11 is 0. The van der Waals surface area contributed by atoms with Crippen molar-refractivity contribution in [3.8, 4) is 5.75 Å². The van der Waals surface area contributed by atoms with Crippen LogP contribution in [0.5, 0.6) is 5.75 Å². The average molecular weight is 316 g/mol. The molecule has 1 saturated carbocycles. The Kier molecular flexibility index (Phi) is 3.89. The third-order valence-corrected chi connectivity index (χ3v) is 5.45. The van der Waals surface area contributed by atoms with Crippen molar-refractivity contribution in [2.75, 3.05) is 31.6 Å². The van der Waals surface area contributed by atoms with Gasteiger partial charge < -0.3 is 19.7 Å². The van der Waals surface area contributed by atoms with Gasteiger partial charge >= 0.3 is 6.03 Å². The lowest BCUT2D eigenvalue weighted by molar-refractivity contribution is 0.141. The zero-order valence-corrected chi connectivity index (χ0v) is 13.4. The van der Waals surface area contributed by atoms with Gasteiger partial charge in [-0.1, -0.05) is 18.6 Å². The van der Waals surface area contributed by atoms with Crippen LogP contribution in [0, 0.1) is 5.41 Å². The fourth-order valence-electron chi connectivity index (χ4n) is 3.85. The fraction of sp³-hybridized carbons (Fsp3) is 0.611. The Labute approximate surface area is 136 Å². The first-order valence-corrected chi connectivity index (χ1v) is 8.64. The number of ether oxygens (including phenoxy) is 2. The van der Waals surface area contributed by atoms with Crippen LogP contribution in [0.3, 0.4) is 0 Å². The third kappa shape index (κ3) is 3.02. The van der Waals surface area contributed by atoms with Gasteiger partial charge in [-0.2, -0.15) is 0 Å². The van der Waals surface area contributed by atoms with Crippen molar-refractivity contribution in [2.24, 2.45) is 5.41 Å². The minimum Gasteiger partial charge on any atom is -0.486 e. The number of urea groups is 1. The summed E-state index contributed by atoms with van der Waals surface area (Å²) in [6.45, 7) is 3.13. The van der Waals surface area contributed by atoms with Gasteiger partial charge in [0.15, 0.2) is 0 Å². The molecule has 1 aromatic carbocycles. The molecule has 5 heteroatoms. The number of benzene rings is 1. The van der Waals surface area contributed by atoms with E-state index in [4.69, 9.17) is 9.47 Å². The Morgan fingerprint density at radius 3 is 2.87 bits per heavy atom. The fourth-order valence-corrected chi connectivity index (χ4v) is 3.85. The Morgan fingerprint density at radius 1 is 1.30 bits per heavy atom. The van der Waals surface area contributed by atoms with E-state index >= 15 is 0 Å². The highest BCUT2D eigenvalue weighted by Crippen LogP contribution is 2.48. The number of hydrogen-bond acceptors (Lipinski definition) is 3. The molecule has 3 fully saturated rings. The molecule has 124 valence electrons. The number of anilines is 1. The second-order valence-corrected chi connectivity index (χ2v) is 7.05. The molecule has 23 heavy (non-hydrogen) atoms. The van der Waals surface area contributed by atoms with E-state index in [-0.39, 0.29) is 12.1 Å². The van der Waals surface area contributed by atoms with Gasteiger partial charge in [0, 0.05) is 19.5 Å². The highest BCUT2D eigenvalue weighted by Gasteiger charge is 2.44. The predicted octanol–water partition coefficient (Wildman–Crippen LogP) is 3.26. The van der Waals surface area contributed by atoms with E-state index in [9.17, 15) is 4.79 Å². The van der Waals surface area contributed by atoms with E-state index in [1.807, 2.05) is 29.2 Å². The summed E-state index contributed by atoms with van der Waals surface area (Å²) in [5, 5.41) is 3.03. The van der Waals surface area contributed by atoms with Crippen LogP contribution < -0.4 is 10.1 Å². The van der Waals surface area contributed by atoms with Gasteiger partial charge in [0.25, 0.3) is 0 Å². The first-order chi connectivity index (χ1) is 11.2. The number of rotatable bonds is 3. The minimum atomic E-state index is -0.00695. The average Bonchev–Trinajstić information content (AvgIpc) is 3.18. The van der Waals surface area contributed by atoms with E-state index in [0.717, 1.165) is 44.0 Å². The molecular weight excluding hydrogens is 292 g/mol. The molecule has 5 nitrogen and oxygen atoms in total. The highest BCUT2D eigenvalue weighted by molar-refractivity contribution is 5.91. The molecule has 1 N–H and O–H groups in total. The molecule has 1 spiro atoms. The standard InChI is InChI=1S/C18H24N2O3/c21-17(20-10-9-18(13-20)7-3-8-18)19-15-4-1-2-5-16(15)23-14-6-11-22-12-14/h1-2,4-5,14H,3,6-13H2,(H,19,21)/t14-/m1/s1. The van der Waals surface area contributed by atoms with Crippen molar-refractivity contribution in [3.63, 3.8) is 0 Å². The van der Waals surface area contributed by atoms with Crippen molar-refractivity contribution >= 4 is 11.7 Å². The van der Waals surface area contributed by atoms with Gasteiger partial charge in [-0.3, -0.25) is 0 Å². The van der Waals surface area contributed by atoms with E-state index < -0.39 is 0 Å². The predicted molar refractivity (Wildman–Crippen MR) is 87.8 cm³/mol. The number of carbonyl (C=O) groups is 1. The first kappa shape index (κ1) is 14.8. The lowest BCUT2D eigenvalue weighted by Gasteiger charge is -2.37. The van der Waals surface area contributed by atoms with E-state index in [2.05, 4.69) is 5.32 Å². The zero-order valence-electron chi connectivity index (χ0n) is 13.4. The molecule has 0 aromatic heterocycles. The number of para-hydroxylation sites is 2. The van der Waals surface area contributed by atoms with Gasteiger partial charge in [0.1, 0.15) is 11.9 Å². The summed E-state index contributed by atoms with van der Waals surface area (Å²) in [6.07, 6.45) is 6.00. The number of likely N-dealkylation sites (tertiary alicyclic amines) is 1. The van der Waals surface area contributed by atoms with Gasteiger partial charge in [-0.25, -0.2) is 4.79 Å². The molecule has 0 bridgehead atoms. The van der Waals surface area contributed by atoms with Crippen molar-refractivity contribution in [1.29, 1.82) is 0 Å². The Morgan fingerprint density at radius 2 is 2.17 bits per heavy atom. The minimum absolute atomic E-state index is 0.00695. The Balaban J connectivity index is 1.40. The topological polar surface area (TPSA) is 50.8 Å². The van der Waals surface area contributed by atoms with Gasteiger partial charge in [-0.05, 0) is 36.8 Å². The molecule has 1 aliphatic carbocycles. The van der Waals surface area contributed by atoms with Crippen LogP contribution >= 0.6 is 0 Å². The first-order valence-electron chi connectivity index (χ1n) is 8.64. The van der Waals surface area contributed by atoms with Gasteiger partial charge in [0.2, 0.25) is 0 Å². The normalized spacial score (nSPS) is 25.4. The van der Waals surface area contributed by atoms with Crippen molar-refractivity contribution in [3.05, 3.63) is 24.3 Å². The molecule has 1 aromatic rings.